The Morgan fingerprint density at radius 1 is 1.44 bits per heavy atom. The highest BCUT2D eigenvalue weighted by molar-refractivity contribution is 6.17. The lowest BCUT2D eigenvalue weighted by molar-refractivity contribution is -0.139. The molecular weight excluding hydrogens is 230 g/mol. The lowest BCUT2D eigenvalue weighted by Crippen LogP contribution is -2.08. The van der Waals surface area contributed by atoms with E-state index >= 15 is 0 Å². The second kappa shape index (κ2) is 9.33. The number of halogens is 1. The van der Waals surface area contributed by atoms with Crippen LogP contribution in [0, 0.1) is 4.91 Å². The van der Waals surface area contributed by atoms with Crippen LogP contribution in [0.5, 0.6) is 0 Å². The zero-order valence-corrected chi connectivity index (χ0v) is 10.3. The van der Waals surface area contributed by atoms with E-state index in [1.54, 1.807) is 6.92 Å². The monoisotopic (exact) mass is 247 g/mol. The van der Waals surface area contributed by atoms with Crippen LogP contribution in [0.4, 0.5) is 0 Å². The molecule has 0 aliphatic heterocycles. The molecular formula is C11H18ClNO3. The summed E-state index contributed by atoms with van der Waals surface area (Å²) in [6.07, 6.45) is 2.83. The highest BCUT2D eigenvalue weighted by atomic mass is 35.5. The molecule has 0 bridgehead atoms. The third-order valence-corrected chi connectivity index (χ3v) is 2.32. The van der Waals surface area contributed by atoms with Crippen molar-refractivity contribution in [2.75, 3.05) is 12.5 Å². The van der Waals surface area contributed by atoms with Crippen LogP contribution in [0.15, 0.2) is 17.3 Å². The van der Waals surface area contributed by atoms with Gasteiger partial charge in [-0.2, -0.15) is 4.91 Å². The summed E-state index contributed by atoms with van der Waals surface area (Å²) >= 11 is 5.51. The molecule has 0 N–H and O–H groups in total. The molecule has 0 aromatic heterocycles. The number of nitroso groups, excluding NO2 is 1. The van der Waals surface area contributed by atoms with Crippen molar-refractivity contribution in [2.24, 2.45) is 5.18 Å². The fourth-order valence-electron chi connectivity index (χ4n) is 1.15. The van der Waals surface area contributed by atoms with E-state index in [9.17, 15) is 9.70 Å². The molecule has 4 nitrogen and oxygen atoms in total. The molecule has 92 valence electrons. The Hall–Kier alpha value is -0.900. The standard InChI is InChI=1S/C11H18ClNO3/c1-9(2)11(14)16-8-4-3-5-10(13-15)6-7-12/h10H,1,3-8H2,2H3. The molecule has 0 amide bonds. The van der Waals surface area contributed by atoms with Crippen LogP contribution < -0.4 is 0 Å². The Bertz CT molecular complexity index is 243. The minimum Gasteiger partial charge on any atom is -0.462 e. The van der Waals surface area contributed by atoms with Gasteiger partial charge in [-0.05, 0) is 32.6 Å². The van der Waals surface area contributed by atoms with Gasteiger partial charge in [0.05, 0.1) is 12.6 Å². The Morgan fingerprint density at radius 2 is 2.12 bits per heavy atom. The molecule has 0 aliphatic carbocycles. The second-order valence-corrected chi connectivity index (χ2v) is 4.03. The van der Waals surface area contributed by atoms with E-state index in [0.29, 0.717) is 30.9 Å². The summed E-state index contributed by atoms with van der Waals surface area (Å²) in [5.41, 5.74) is 0.398. The van der Waals surface area contributed by atoms with Crippen LogP contribution in [0.25, 0.3) is 0 Å². The van der Waals surface area contributed by atoms with Crippen molar-refractivity contribution in [3.8, 4) is 0 Å². The normalized spacial score (nSPS) is 11.9. The summed E-state index contributed by atoms with van der Waals surface area (Å²) in [7, 11) is 0. The van der Waals surface area contributed by atoms with E-state index in [1.807, 2.05) is 0 Å². The number of hydrogen-bond donors (Lipinski definition) is 0. The fraction of sp³-hybridized carbons (Fsp3) is 0.727. The van der Waals surface area contributed by atoms with Crippen molar-refractivity contribution in [2.45, 2.75) is 38.6 Å². The molecule has 0 saturated carbocycles. The van der Waals surface area contributed by atoms with Gasteiger partial charge < -0.3 is 4.74 Å². The molecule has 0 radical (unpaired) electrons. The minimum absolute atomic E-state index is 0.214. The van der Waals surface area contributed by atoms with Crippen molar-refractivity contribution in [1.29, 1.82) is 0 Å². The summed E-state index contributed by atoms with van der Waals surface area (Å²) in [6, 6.07) is -0.214. The molecule has 5 heteroatoms. The molecule has 0 rings (SSSR count). The molecule has 0 aliphatic rings. The van der Waals surface area contributed by atoms with Gasteiger partial charge in [0.25, 0.3) is 0 Å². The summed E-state index contributed by atoms with van der Waals surface area (Å²) in [4.78, 5) is 21.3. The van der Waals surface area contributed by atoms with E-state index in [-0.39, 0.29) is 12.0 Å². The number of alkyl halides is 1. The molecule has 1 atom stereocenters. The number of nitrogens with zero attached hydrogens (tertiary/aromatic N) is 1. The first-order chi connectivity index (χ1) is 7.61. The van der Waals surface area contributed by atoms with Gasteiger partial charge in [0, 0.05) is 11.5 Å². The van der Waals surface area contributed by atoms with Gasteiger partial charge in [-0.15, -0.1) is 11.6 Å². The van der Waals surface area contributed by atoms with Gasteiger partial charge in [-0.25, -0.2) is 4.79 Å². The maximum absolute atomic E-state index is 11.0. The Morgan fingerprint density at radius 3 is 2.62 bits per heavy atom. The molecule has 0 aromatic rings. The Balaban J connectivity index is 3.48. The van der Waals surface area contributed by atoms with E-state index < -0.39 is 0 Å². The van der Waals surface area contributed by atoms with Gasteiger partial charge in [-0.3, -0.25) is 0 Å². The maximum atomic E-state index is 11.0. The summed E-state index contributed by atoms with van der Waals surface area (Å²) in [5, 5.41) is 2.98. The summed E-state index contributed by atoms with van der Waals surface area (Å²) in [5.74, 6) is 0.0759. The van der Waals surface area contributed by atoms with Crippen LogP contribution >= 0.6 is 11.6 Å². The van der Waals surface area contributed by atoms with Crippen molar-refractivity contribution in [3.63, 3.8) is 0 Å². The zero-order chi connectivity index (χ0) is 12.4. The van der Waals surface area contributed by atoms with E-state index in [2.05, 4.69) is 11.8 Å². The van der Waals surface area contributed by atoms with Crippen molar-refractivity contribution >= 4 is 17.6 Å². The van der Waals surface area contributed by atoms with Crippen molar-refractivity contribution < 1.29 is 9.53 Å². The fourth-order valence-corrected chi connectivity index (χ4v) is 1.40. The highest BCUT2D eigenvalue weighted by Gasteiger charge is 2.07. The van der Waals surface area contributed by atoms with E-state index in [4.69, 9.17) is 16.3 Å². The van der Waals surface area contributed by atoms with Crippen LogP contribution in [0.3, 0.4) is 0 Å². The lowest BCUT2D eigenvalue weighted by atomic mass is 10.1. The van der Waals surface area contributed by atoms with Crippen molar-refractivity contribution in [3.05, 3.63) is 17.1 Å². The zero-order valence-electron chi connectivity index (χ0n) is 9.58. The molecule has 0 spiro atoms. The quantitative estimate of drug-likeness (QED) is 0.207. The van der Waals surface area contributed by atoms with Crippen LogP contribution in [0.2, 0.25) is 0 Å². The van der Waals surface area contributed by atoms with Crippen molar-refractivity contribution in [1.82, 2.24) is 0 Å². The largest absolute Gasteiger partial charge is 0.462 e. The van der Waals surface area contributed by atoms with Gasteiger partial charge in [0.15, 0.2) is 0 Å². The first-order valence-electron chi connectivity index (χ1n) is 5.33. The summed E-state index contributed by atoms with van der Waals surface area (Å²) < 4.78 is 4.91. The third-order valence-electron chi connectivity index (χ3n) is 2.10. The Kier molecular flexibility index (Phi) is 8.81. The summed E-state index contributed by atoms with van der Waals surface area (Å²) in [6.45, 7) is 5.44. The number of rotatable bonds is 9. The van der Waals surface area contributed by atoms with Crippen LogP contribution in [0.1, 0.15) is 32.6 Å². The van der Waals surface area contributed by atoms with Gasteiger partial charge in [-0.1, -0.05) is 11.8 Å². The van der Waals surface area contributed by atoms with Crippen LogP contribution in [-0.2, 0) is 9.53 Å². The average molecular weight is 248 g/mol. The SMILES string of the molecule is C=C(C)C(=O)OCCCCC(CCCl)N=O. The van der Waals surface area contributed by atoms with Gasteiger partial charge in [0.2, 0.25) is 0 Å². The van der Waals surface area contributed by atoms with Gasteiger partial charge in [0.1, 0.15) is 0 Å². The van der Waals surface area contributed by atoms with Gasteiger partial charge >= 0.3 is 5.97 Å². The maximum Gasteiger partial charge on any atom is 0.333 e. The highest BCUT2D eigenvalue weighted by Crippen LogP contribution is 2.09. The molecule has 0 saturated heterocycles. The lowest BCUT2D eigenvalue weighted by Gasteiger charge is -2.07. The molecule has 1 unspecified atom stereocenters. The first-order valence-corrected chi connectivity index (χ1v) is 5.86. The second-order valence-electron chi connectivity index (χ2n) is 3.65. The predicted octanol–water partition coefficient (Wildman–Crippen LogP) is 3.04. The molecule has 0 aromatic carbocycles. The first kappa shape index (κ1) is 15.1. The predicted molar refractivity (Wildman–Crippen MR) is 64.5 cm³/mol. The Labute approximate surface area is 101 Å². The number of carbonyl (C=O) groups is 1. The number of esters is 1. The van der Waals surface area contributed by atoms with E-state index in [1.165, 1.54) is 0 Å². The van der Waals surface area contributed by atoms with E-state index in [0.717, 1.165) is 12.8 Å². The minimum atomic E-state index is -0.370. The van der Waals surface area contributed by atoms with Crippen LogP contribution in [-0.4, -0.2) is 24.5 Å². The number of carbonyl (C=O) groups excluding carboxylic acids is 1. The number of ether oxygens (including phenoxy) is 1. The molecule has 0 heterocycles. The molecule has 0 fully saturated rings. The number of unbranched alkanes of at least 4 members (excludes halogenated alkanes) is 1. The molecule has 16 heavy (non-hydrogen) atoms. The smallest absolute Gasteiger partial charge is 0.333 e. The number of hydrogen-bond acceptors (Lipinski definition) is 4. The topological polar surface area (TPSA) is 55.7 Å². The average Bonchev–Trinajstić information content (AvgIpc) is 2.26. The third kappa shape index (κ3) is 7.40.